The lowest BCUT2D eigenvalue weighted by Gasteiger charge is -2.30. The molecule has 12 rings (SSSR count). The zero-order valence-electron chi connectivity index (χ0n) is 60.3. The van der Waals surface area contributed by atoms with Crippen molar-refractivity contribution in [2.45, 2.75) is 181 Å². The number of hydrogen-bond acceptors (Lipinski definition) is 6. The molecule has 0 spiro atoms. The first kappa shape index (κ1) is 71.9. The summed E-state index contributed by atoms with van der Waals surface area (Å²) in [5.74, 6) is 4.23. The molecule has 0 bridgehead atoms. The summed E-state index contributed by atoms with van der Waals surface area (Å²) in [6, 6.07) is 43.6. The lowest BCUT2D eigenvalue weighted by molar-refractivity contribution is 0.281. The van der Waals surface area contributed by atoms with Crippen molar-refractivity contribution < 1.29 is 51.1 Å². The molecule has 0 aromatic heterocycles. The van der Waals surface area contributed by atoms with Crippen molar-refractivity contribution in [1.82, 2.24) is 0 Å². The van der Waals surface area contributed by atoms with E-state index >= 15 is 0 Å². The van der Waals surface area contributed by atoms with Gasteiger partial charge in [-0.3, -0.25) is 0 Å². The second-order valence-electron chi connectivity index (χ2n) is 29.4. The number of hydrogen-bond donors (Lipinski definition) is 2. The molecule has 4 fully saturated rings. The smallest absolute Gasteiger partial charge is 0.131 e. The maximum Gasteiger partial charge on any atom is 0.131 e. The van der Waals surface area contributed by atoms with Gasteiger partial charge in [-0.05, 0) is 236 Å². The van der Waals surface area contributed by atoms with Gasteiger partial charge in [-0.15, -0.1) is 23.2 Å². The van der Waals surface area contributed by atoms with E-state index in [9.17, 15) is 27.8 Å². The molecule has 0 saturated heterocycles. The second kappa shape index (κ2) is 31.8. The highest BCUT2D eigenvalue weighted by Gasteiger charge is 2.41. The Hall–Kier alpha value is -6.82. The van der Waals surface area contributed by atoms with Crippen molar-refractivity contribution in [3.63, 3.8) is 0 Å². The Morgan fingerprint density at radius 1 is 0.344 bits per heavy atom. The monoisotopic (exact) mass is 1360 g/mol. The standard InChI is InChI=1S/2C21H24ClFO.2C21H25FO2.2H2/c2*1-21(2)10-4-5-19(21)17-11-14(13-22)6-8-16(17)18-12-15(24-3)7-9-20(18)23;2*1-21(2)10-4-5-19(21)17-11-14(13-23)6-8-16(17)18-12-15(24-3)7-9-20(18)22;;/h2*6-9,11-12,19H,4-5,10,13H2,1-3H3;2*6-9,11-12,19,23H,4-5,10,13H2,1-3H3;2*1H/t4*19-;;/m1010../s1/i;;;;1+2T;1+2. The number of aliphatic hydroxyl groups excluding tert-OH is 2. The molecule has 4 aliphatic rings. The number of benzene rings is 8. The molecule has 0 amide bonds. The van der Waals surface area contributed by atoms with Gasteiger partial charge in [0.05, 0.1) is 41.7 Å². The second-order valence-corrected chi connectivity index (χ2v) is 29.9. The minimum atomic E-state index is -0.246. The maximum absolute atomic E-state index is 14.6. The summed E-state index contributed by atoms with van der Waals surface area (Å²) in [6.07, 6.45) is 14.0. The molecule has 4 aliphatic carbocycles. The SMILES string of the molecule is COc1ccc(F)c(-c2ccc(CCl)cc2[C@@H]2CCCC2(C)C)c1.COc1ccc(F)c(-c2ccc(CCl)cc2[C@H]2CCCC2(C)C)c1.COc1ccc(F)c(-c2ccc(CO)cc2[C@@H]2CCCC2(C)C)c1.COc1ccc(F)c(-c2ccc(CO)cc2[C@H]2CCCC2(C)C)c1.[3HH].[3H][3H]. The van der Waals surface area contributed by atoms with E-state index in [4.69, 9.17) is 45.1 Å². The van der Waals surface area contributed by atoms with E-state index in [-0.39, 0.29) is 59.6 Å². The Bertz CT molecular complexity index is 3480. The number of halogens is 6. The molecular formula is C84H102Cl2F4O6. The van der Waals surface area contributed by atoms with Gasteiger partial charge in [-0.2, -0.15) is 0 Å². The molecule has 6 nitrogen and oxygen atoms in total. The summed E-state index contributed by atoms with van der Waals surface area (Å²) >= 11 is 12.1. The first-order valence-corrected chi connectivity index (χ1v) is 35.1. The van der Waals surface area contributed by atoms with Crippen LogP contribution in [0.3, 0.4) is 0 Å². The number of methoxy groups -OCH3 is 4. The summed E-state index contributed by atoms with van der Waals surface area (Å²) in [5.41, 5.74) is 15.5. The molecule has 516 valence electrons. The van der Waals surface area contributed by atoms with Crippen LogP contribution in [-0.4, -0.2) is 38.7 Å². The van der Waals surface area contributed by atoms with E-state index in [0.717, 1.165) is 81.3 Å². The Balaban J connectivity index is 0.000000183. The normalized spacial score (nSPS) is 19.5. The van der Waals surface area contributed by atoms with Gasteiger partial charge in [-0.25, -0.2) is 17.6 Å². The lowest BCUT2D eigenvalue weighted by Crippen LogP contribution is -2.16. The van der Waals surface area contributed by atoms with Crippen molar-refractivity contribution in [2.75, 3.05) is 28.4 Å². The fraction of sp³-hybridized carbons (Fsp3) is 0.429. The average molecular weight is 1360 g/mol. The van der Waals surface area contributed by atoms with Gasteiger partial charge in [0.1, 0.15) is 46.3 Å². The number of ether oxygens (including phenoxy) is 4. The van der Waals surface area contributed by atoms with Crippen LogP contribution in [0.4, 0.5) is 17.6 Å². The van der Waals surface area contributed by atoms with Crippen LogP contribution in [-0.2, 0) is 25.0 Å². The van der Waals surface area contributed by atoms with Gasteiger partial charge in [0, 0.05) is 38.4 Å². The molecule has 96 heavy (non-hydrogen) atoms. The lowest BCUT2D eigenvalue weighted by atomic mass is 9.75. The zero-order chi connectivity index (χ0) is 71.3. The van der Waals surface area contributed by atoms with Gasteiger partial charge in [-0.1, -0.05) is 154 Å². The van der Waals surface area contributed by atoms with Crippen molar-refractivity contribution in [3.05, 3.63) is 213 Å². The molecule has 4 atom stereocenters. The van der Waals surface area contributed by atoms with Crippen molar-refractivity contribution in [1.29, 1.82) is 0 Å². The third-order valence-corrected chi connectivity index (χ3v) is 22.1. The topological polar surface area (TPSA) is 77.4 Å². The van der Waals surface area contributed by atoms with E-state index in [1.54, 1.807) is 77.0 Å². The fourth-order valence-electron chi connectivity index (χ4n) is 15.9. The third-order valence-electron chi connectivity index (χ3n) is 21.5. The molecule has 2 N–H and O–H groups in total. The van der Waals surface area contributed by atoms with Gasteiger partial charge < -0.3 is 29.2 Å². The van der Waals surface area contributed by atoms with Crippen LogP contribution in [0.1, 0.15) is 205 Å². The van der Waals surface area contributed by atoms with Crippen molar-refractivity contribution in [2.24, 2.45) is 21.7 Å². The number of aliphatic hydroxyl groups is 2. The Kier molecular flexibility index (Phi) is 23.8. The minimum Gasteiger partial charge on any atom is -0.497 e. The molecule has 8 aromatic carbocycles. The first-order chi connectivity index (χ1) is 46.8. The van der Waals surface area contributed by atoms with Crippen LogP contribution in [0.15, 0.2) is 146 Å². The molecule has 4 saturated carbocycles. The largest absolute Gasteiger partial charge is 0.497 e. The van der Waals surface area contributed by atoms with Gasteiger partial charge in [0.15, 0.2) is 0 Å². The number of alkyl halides is 2. The molecule has 0 heterocycles. The maximum atomic E-state index is 14.6. The Labute approximate surface area is 583 Å². The summed E-state index contributed by atoms with van der Waals surface area (Å²) in [5, 5.41) is 19.1. The van der Waals surface area contributed by atoms with Crippen molar-refractivity contribution in [3.8, 4) is 67.5 Å². The quantitative estimate of drug-likeness (QED) is 0.0741. The predicted molar refractivity (Wildman–Crippen MR) is 390 cm³/mol. The van der Waals surface area contributed by atoms with E-state index in [0.29, 0.717) is 80.7 Å². The molecule has 0 aliphatic heterocycles. The first-order valence-electron chi connectivity index (χ1n) is 35.0. The Morgan fingerprint density at radius 2 is 0.562 bits per heavy atom. The van der Waals surface area contributed by atoms with Crippen LogP contribution in [0.2, 0.25) is 0 Å². The molecule has 12 heteroatoms. The molecule has 0 unspecified atom stereocenters. The summed E-state index contributed by atoms with van der Waals surface area (Å²) in [4.78, 5) is 0. The molecular weight excluding hydrogens is 1250 g/mol. The summed E-state index contributed by atoms with van der Waals surface area (Å²) < 4.78 is 89.3. The van der Waals surface area contributed by atoms with E-state index in [1.807, 2.05) is 60.7 Å². The van der Waals surface area contributed by atoms with Gasteiger partial charge in [0.25, 0.3) is 0 Å². The summed E-state index contributed by atoms with van der Waals surface area (Å²) in [6.45, 7) is 18.4. The average Bonchev–Trinajstić information content (AvgIpc) is 1.78. The third kappa shape index (κ3) is 16.7. The zero-order valence-corrected chi connectivity index (χ0v) is 59.8. The van der Waals surface area contributed by atoms with Gasteiger partial charge >= 0.3 is 0 Å². The van der Waals surface area contributed by atoms with E-state index in [1.165, 1.54) is 86.8 Å². The highest BCUT2D eigenvalue weighted by Crippen LogP contribution is 2.56. The Morgan fingerprint density at radius 3 is 0.750 bits per heavy atom. The van der Waals surface area contributed by atoms with E-state index < -0.39 is 0 Å². The van der Waals surface area contributed by atoms with Crippen LogP contribution in [0, 0.1) is 44.9 Å². The highest BCUT2D eigenvalue weighted by molar-refractivity contribution is 6.17. The summed E-state index contributed by atoms with van der Waals surface area (Å²) in [7, 11) is 6.39. The van der Waals surface area contributed by atoms with Crippen LogP contribution in [0.5, 0.6) is 23.0 Å². The highest BCUT2D eigenvalue weighted by atomic mass is 35.5. The van der Waals surface area contributed by atoms with E-state index in [2.05, 4.69) is 67.5 Å². The van der Waals surface area contributed by atoms with Gasteiger partial charge in [0.2, 0.25) is 0 Å². The predicted octanol–water partition coefficient (Wildman–Crippen LogP) is 24.1. The number of rotatable bonds is 16. The minimum absolute atomic E-state index is 0. The molecule has 8 aromatic rings. The van der Waals surface area contributed by atoms with Crippen LogP contribution in [0.25, 0.3) is 44.5 Å². The van der Waals surface area contributed by atoms with Crippen molar-refractivity contribution >= 4 is 23.2 Å². The molecule has 0 radical (unpaired) electrons. The fourth-order valence-corrected chi connectivity index (χ4v) is 16.2. The van der Waals surface area contributed by atoms with Crippen LogP contribution < -0.4 is 18.9 Å². The van der Waals surface area contributed by atoms with Crippen LogP contribution >= 0.6 is 23.2 Å².